The van der Waals surface area contributed by atoms with Gasteiger partial charge in [-0.1, -0.05) is 0 Å². The monoisotopic (exact) mass is 621 g/mol. The van der Waals surface area contributed by atoms with E-state index in [1.54, 1.807) is 0 Å². The van der Waals surface area contributed by atoms with E-state index >= 15 is 0 Å². The van der Waals surface area contributed by atoms with Gasteiger partial charge in [0.1, 0.15) is 0 Å². The van der Waals surface area contributed by atoms with Gasteiger partial charge in [-0.05, 0) is 0 Å². The van der Waals surface area contributed by atoms with Gasteiger partial charge in [-0.2, -0.15) is 0 Å². The number of halogens is 1. The van der Waals surface area contributed by atoms with Crippen molar-refractivity contribution in [2.24, 2.45) is 5.92 Å². The first-order valence-electron chi connectivity index (χ1n) is 12.9. The second kappa shape index (κ2) is 11.4. The number of carbonyl (C=O) groups excluding carboxylic acids is 1. The van der Waals surface area contributed by atoms with Crippen LogP contribution in [0.2, 0.25) is 0 Å². The molecule has 1 heterocycles. The van der Waals surface area contributed by atoms with Gasteiger partial charge in [0.25, 0.3) is 0 Å². The van der Waals surface area contributed by atoms with E-state index in [2.05, 4.69) is 113 Å². The number of amides is 1. The van der Waals surface area contributed by atoms with E-state index in [0.717, 1.165) is 37.7 Å². The van der Waals surface area contributed by atoms with Crippen LogP contribution >= 0.6 is 26.3 Å². The molecule has 1 aliphatic rings. The molecule has 4 aromatic rings. The van der Waals surface area contributed by atoms with E-state index < -0.39 is 4.25 Å². The van der Waals surface area contributed by atoms with Gasteiger partial charge >= 0.3 is 234 Å². The predicted molar refractivity (Wildman–Crippen MR) is 165 cm³/mol. The molecule has 0 aliphatic carbocycles. The van der Waals surface area contributed by atoms with Crippen LogP contribution in [0.3, 0.4) is 0 Å². The first kappa shape index (κ1) is 25.9. The Morgan fingerprint density at radius 3 is 1.54 bits per heavy atom. The Balaban J connectivity index is 1.40. The van der Waals surface area contributed by atoms with Crippen molar-refractivity contribution < 1.29 is 9.53 Å². The molecule has 1 amide bonds. The van der Waals surface area contributed by atoms with Gasteiger partial charge in [0.2, 0.25) is 0 Å². The van der Waals surface area contributed by atoms with Crippen LogP contribution in [-0.2, 0) is 11.3 Å². The number of carbonyl (C=O) groups is 1. The Hall–Kier alpha value is -2.69. The van der Waals surface area contributed by atoms with Crippen LogP contribution in [0.5, 0.6) is 0 Å². The quantitative estimate of drug-likeness (QED) is 0.166. The van der Waals surface area contributed by atoms with Gasteiger partial charge < -0.3 is 0 Å². The maximum atomic E-state index is 12.8. The van der Waals surface area contributed by atoms with Crippen molar-refractivity contribution >= 4 is 48.3 Å². The molecule has 0 radical (unpaired) electrons. The van der Waals surface area contributed by atoms with Gasteiger partial charge in [-0.15, -0.1) is 0 Å². The Morgan fingerprint density at radius 2 is 1.11 bits per heavy atom. The average Bonchev–Trinajstić information content (AvgIpc) is 2.98. The first-order chi connectivity index (χ1) is 18.1. The van der Waals surface area contributed by atoms with Crippen molar-refractivity contribution in [1.29, 1.82) is 0 Å². The normalized spacial score (nSPS) is 15.5. The number of hydrogen-bond donors (Lipinski definition) is 0. The van der Waals surface area contributed by atoms with Gasteiger partial charge in [0.15, 0.2) is 0 Å². The van der Waals surface area contributed by atoms with E-state index in [1.165, 1.54) is 15.9 Å². The number of rotatable bonds is 7. The van der Waals surface area contributed by atoms with Crippen molar-refractivity contribution in [1.82, 2.24) is 4.90 Å². The third-order valence-electron chi connectivity index (χ3n) is 7.56. The third-order valence-corrected chi connectivity index (χ3v) is 19.1. The van der Waals surface area contributed by atoms with Gasteiger partial charge in [-0.3, -0.25) is 0 Å². The standard InChI is InChI=1S/C32H33INO2P/c33-37(29-15-7-2-8-16-29,30-17-9-3-10-18-30,31-19-11-4-12-20-31)26-28-21-23-34(24-22-28)32(35)36-25-27-13-5-1-6-14-27/h1-20,28H,21-26H2. The van der Waals surface area contributed by atoms with E-state index in [1.807, 2.05) is 35.2 Å². The predicted octanol–water partition coefficient (Wildman–Crippen LogP) is 6.92. The second-order valence-electron chi connectivity index (χ2n) is 9.84. The molecule has 0 atom stereocenters. The van der Waals surface area contributed by atoms with Crippen LogP contribution in [0.1, 0.15) is 18.4 Å². The summed E-state index contributed by atoms with van der Waals surface area (Å²) in [5, 5.41) is 4.24. The summed E-state index contributed by atoms with van der Waals surface area (Å²) in [7, 11) is 0. The van der Waals surface area contributed by atoms with Crippen LogP contribution in [0.25, 0.3) is 0 Å². The summed E-state index contributed by atoms with van der Waals surface area (Å²) < 4.78 is 2.82. The molecule has 5 rings (SSSR count). The fraction of sp³-hybridized carbons (Fsp3) is 0.219. The topological polar surface area (TPSA) is 29.5 Å². The zero-order valence-corrected chi connectivity index (χ0v) is 24.0. The Bertz CT molecular complexity index is 1190. The van der Waals surface area contributed by atoms with E-state index in [9.17, 15) is 4.79 Å². The van der Waals surface area contributed by atoms with Crippen molar-refractivity contribution in [2.75, 3.05) is 19.3 Å². The van der Waals surface area contributed by atoms with Crippen LogP contribution in [0.4, 0.5) is 4.79 Å². The van der Waals surface area contributed by atoms with Gasteiger partial charge in [0, 0.05) is 0 Å². The number of ether oxygens (including phenoxy) is 1. The number of hydrogen-bond acceptors (Lipinski definition) is 2. The van der Waals surface area contributed by atoms with Crippen LogP contribution in [0.15, 0.2) is 121 Å². The molecule has 37 heavy (non-hydrogen) atoms. The minimum absolute atomic E-state index is 0.205. The van der Waals surface area contributed by atoms with E-state index in [-0.39, 0.29) is 6.09 Å². The zero-order chi connectivity index (χ0) is 25.6. The Kier molecular flexibility index (Phi) is 7.97. The Morgan fingerprint density at radius 1 is 0.703 bits per heavy atom. The van der Waals surface area contributed by atoms with E-state index in [4.69, 9.17) is 4.74 Å². The zero-order valence-electron chi connectivity index (χ0n) is 21.0. The summed E-state index contributed by atoms with van der Waals surface area (Å²) >= 11 is 2.87. The van der Waals surface area contributed by atoms with Crippen molar-refractivity contribution in [3.8, 4) is 0 Å². The molecular formula is C32H33INO2P. The van der Waals surface area contributed by atoms with E-state index in [0.29, 0.717) is 12.5 Å². The van der Waals surface area contributed by atoms with Crippen LogP contribution in [-0.4, -0.2) is 30.2 Å². The Labute approximate surface area is 233 Å². The molecule has 190 valence electrons. The number of nitrogens with zero attached hydrogens (tertiary/aromatic N) is 1. The molecule has 5 heteroatoms. The molecule has 0 bridgehead atoms. The van der Waals surface area contributed by atoms with Crippen molar-refractivity contribution in [3.05, 3.63) is 127 Å². The van der Waals surface area contributed by atoms with Gasteiger partial charge in [-0.25, -0.2) is 0 Å². The molecule has 0 unspecified atom stereocenters. The third kappa shape index (κ3) is 5.32. The fourth-order valence-corrected chi connectivity index (χ4v) is 15.4. The molecule has 0 saturated carbocycles. The summed E-state index contributed by atoms with van der Waals surface area (Å²) in [6.07, 6.45) is 2.84. The molecule has 0 N–H and O–H groups in total. The molecule has 1 fully saturated rings. The van der Waals surface area contributed by atoms with Gasteiger partial charge in [0.05, 0.1) is 0 Å². The fourth-order valence-electron chi connectivity index (χ4n) is 5.57. The molecule has 1 aliphatic heterocycles. The molecular weight excluding hydrogens is 588 g/mol. The SMILES string of the molecule is O=C(OCc1ccccc1)N1CCC(CP(I)(c2ccccc2)(c2ccccc2)c2ccccc2)CC1. The summed E-state index contributed by atoms with van der Waals surface area (Å²) in [4.78, 5) is 14.7. The maximum absolute atomic E-state index is 12.8. The number of likely N-dealkylation sites (tertiary alicyclic amines) is 1. The summed E-state index contributed by atoms with van der Waals surface area (Å²) in [5.74, 6) is 0.508. The minimum atomic E-state index is -2.80. The molecule has 4 aromatic carbocycles. The number of piperidine rings is 1. The average molecular weight is 621 g/mol. The number of benzene rings is 4. The summed E-state index contributed by atoms with van der Waals surface area (Å²) in [6.45, 7) is 1.79. The molecule has 1 saturated heterocycles. The van der Waals surface area contributed by atoms with Crippen LogP contribution in [0, 0.1) is 5.92 Å². The van der Waals surface area contributed by atoms with Crippen molar-refractivity contribution in [3.63, 3.8) is 0 Å². The summed E-state index contributed by atoms with van der Waals surface area (Å²) in [5.41, 5.74) is 1.02. The summed E-state index contributed by atoms with van der Waals surface area (Å²) in [6, 6.07) is 43.2. The van der Waals surface area contributed by atoms with Crippen molar-refractivity contribution in [2.45, 2.75) is 19.4 Å². The second-order valence-corrected chi connectivity index (χ2v) is 20.5. The molecule has 0 aromatic heterocycles. The molecule has 0 spiro atoms. The molecule has 3 nitrogen and oxygen atoms in total. The first-order valence-corrected chi connectivity index (χ1v) is 18.1. The van der Waals surface area contributed by atoms with Crippen LogP contribution < -0.4 is 15.9 Å².